The molecule has 0 amide bonds. The number of nitrogens with zero attached hydrogens (tertiary/aromatic N) is 1. The summed E-state index contributed by atoms with van der Waals surface area (Å²) in [6.07, 6.45) is 1.45. The SMILES string of the molecule is Nc1cnc(C(F)(F)F)cc1NCC1(CO)CCCCC1. The van der Waals surface area contributed by atoms with Gasteiger partial charge in [-0.3, -0.25) is 0 Å². The summed E-state index contributed by atoms with van der Waals surface area (Å²) < 4.78 is 38.0. The van der Waals surface area contributed by atoms with Crippen LogP contribution < -0.4 is 11.1 Å². The van der Waals surface area contributed by atoms with Crippen LogP contribution in [0.3, 0.4) is 0 Å². The van der Waals surface area contributed by atoms with Crippen molar-refractivity contribution in [3.8, 4) is 0 Å². The number of hydrogen-bond acceptors (Lipinski definition) is 4. The van der Waals surface area contributed by atoms with Crippen molar-refractivity contribution in [1.82, 2.24) is 4.98 Å². The molecule has 4 nitrogen and oxygen atoms in total. The first-order chi connectivity index (χ1) is 9.86. The highest BCUT2D eigenvalue weighted by Gasteiger charge is 2.34. The monoisotopic (exact) mass is 303 g/mol. The maximum Gasteiger partial charge on any atom is 0.433 e. The summed E-state index contributed by atoms with van der Waals surface area (Å²) in [5, 5.41) is 12.6. The van der Waals surface area contributed by atoms with E-state index in [1.54, 1.807) is 0 Å². The van der Waals surface area contributed by atoms with Crippen LogP contribution in [0.1, 0.15) is 37.8 Å². The van der Waals surface area contributed by atoms with Gasteiger partial charge in [-0.2, -0.15) is 13.2 Å². The lowest BCUT2D eigenvalue weighted by Gasteiger charge is -2.36. The average Bonchev–Trinajstić information content (AvgIpc) is 2.46. The molecule has 118 valence electrons. The molecule has 4 N–H and O–H groups in total. The van der Waals surface area contributed by atoms with E-state index in [0.29, 0.717) is 6.54 Å². The van der Waals surface area contributed by atoms with Crippen LogP contribution >= 0.6 is 0 Å². The van der Waals surface area contributed by atoms with E-state index in [2.05, 4.69) is 10.3 Å². The van der Waals surface area contributed by atoms with E-state index >= 15 is 0 Å². The summed E-state index contributed by atoms with van der Waals surface area (Å²) in [5.41, 5.74) is 4.83. The van der Waals surface area contributed by atoms with Gasteiger partial charge < -0.3 is 16.2 Å². The summed E-state index contributed by atoms with van der Waals surface area (Å²) >= 11 is 0. The second-order valence-corrected chi connectivity index (χ2v) is 5.73. The molecule has 0 saturated heterocycles. The summed E-state index contributed by atoms with van der Waals surface area (Å²) in [7, 11) is 0. The van der Waals surface area contributed by atoms with Gasteiger partial charge >= 0.3 is 6.18 Å². The highest BCUT2D eigenvalue weighted by atomic mass is 19.4. The van der Waals surface area contributed by atoms with E-state index in [1.165, 1.54) is 0 Å². The Morgan fingerprint density at radius 3 is 2.52 bits per heavy atom. The largest absolute Gasteiger partial charge is 0.433 e. The van der Waals surface area contributed by atoms with Crippen LogP contribution in [0, 0.1) is 5.41 Å². The van der Waals surface area contributed by atoms with Gasteiger partial charge in [-0.15, -0.1) is 0 Å². The maximum atomic E-state index is 12.7. The number of hydrogen-bond donors (Lipinski definition) is 3. The molecule has 0 atom stereocenters. The fourth-order valence-corrected chi connectivity index (χ4v) is 2.75. The zero-order chi connectivity index (χ0) is 15.5. The number of nitrogens with two attached hydrogens (primary N) is 1. The molecule has 2 rings (SSSR count). The standard InChI is InChI=1S/C14H20F3N3O/c15-14(16,17)12-6-11(10(18)7-19-12)20-8-13(9-21)4-2-1-3-5-13/h6-7,21H,1-5,8-9,18H2,(H,19,20). The molecule has 21 heavy (non-hydrogen) atoms. The number of rotatable bonds is 4. The lowest BCUT2D eigenvalue weighted by Crippen LogP contribution is -2.35. The minimum atomic E-state index is -4.50. The van der Waals surface area contributed by atoms with Crippen molar-refractivity contribution in [1.29, 1.82) is 0 Å². The molecule has 1 aliphatic rings. The smallest absolute Gasteiger partial charge is 0.396 e. The Kier molecular flexibility index (Phi) is 4.61. The Morgan fingerprint density at radius 2 is 1.95 bits per heavy atom. The first-order valence-corrected chi connectivity index (χ1v) is 7.04. The molecule has 1 saturated carbocycles. The first-order valence-electron chi connectivity index (χ1n) is 7.04. The molecule has 0 unspecified atom stereocenters. The van der Waals surface area contributed by atoms with E-state index in [9.17, 15) is 18.3 Å². The third-order valence-electron chi connectivity index (χ3n) is 4.13. The highest BCUT2D eigenvalue weighted by Crippen LogP contribution is 2.37. The van der Waals surface area contributed by atoms with Gasteiger partial charge in [0.05, 0.1) is 24.2 Å². The Bertz CT molecular complexity index is 485. The number of aliphatic hydroxyl groups is 1. The summed E-state index contributed by atoms with van der Waals surface area (Å²) in [6, 6.07) is 0.920. The Hall–Kier alpha value is -1.50. The van der Waals surface area contributed by atoms with Gasteiger partial charge in [0.25, 0.3) is 0 Å². The molecule has 0 aromatic carbocycles. The van der Waals surface area contributed by atoms with Crippen LogP contribution in [-0.2, 0) is 6.18 Å². The average molecular weight is 303 g/mol. The number of aliphatic hydroxyl groups excluding tert-OH is 1. The van der Waals surface area contributed by atoms with Gasteiger partial charge in [0, 0.05) is 12.0 Å². The van der Waals surface area contributed by atoms with Crippen molar-refractivity contribution in [3.63, 3.8) is 0 Å². The van der Waals surface area contributed by atoms with E-state index in [0.717, 1.165) is 44.4 Å². The number of nitrogens with one attached hydrogen (secondary N) is 1. The molecule has 1 heterocycles. The molecule has 1 fully saturated rings. The quantitative estimate of drug-likeness (QED) is 0.799. The molecule has 7 heteroatoms. The van der Waals surface area contributed by atoms with Crippen molar-refractivity contribution < 1.29 is 18.3 Å². The van der Waals surface area contributed by atoms with Crippen molar-refractivity contribution in [2.24, 2.45) is 5.41 Å². The van der Waals surface area contributed by atoms with Gasteiger partial charge in [-0.05, 0) is 18.9 Å². The fraction of sp³-hybridized carbons (Fsp3) is 0.643. The van der Waals surface area contributed by atoms with Gasteiger partial charge in [0.2, 0.25) is 0 Å². The van der Waals surface area contributed by atoms with Gasteiger partial charge in [-0.25, -0.2) is 4.98 Å². The van der Waals surface area contributed by atoms with E-state index in [4.69, 9.17) is 5.73 Å². The fourth-order valence-electron chi connectivity index (χ4n) is 2.75. The Balaban J connectivity index is 2.11. The van der Waals surface area contributed by atoms with E-state index < -0.39 is 11.9 Å². The second kappa shape index (κ2) is 6.09. The summed E-state index contributed by atoms with van der Waals surface area (Å²) in [6.45, 7) is 0.437. The Morgan fingerprint density at radius 1 is 1.29 bits per heavy atom. The Labute approximate surface area is 121 Å². The molecule has 1 aromatic rings. The zero-order valence-electron chi connectivity index (χ0n) is 11.7. The van der Waals surface area contributed by atoms with E-state index in [-0.39, 0.29) is 23.4 Å². The third kappa shape index (κ3) is 3.78. The van der Waals surface area contributed by atoms with Gasteiger partial charge in [-0.1, -0.05) is 19.3 Å². The molecule has 0 bridgehead atoms. The third-order valence-corrected chi connectivity index (χ3v) is 4.13. The summed E-state index contributed by atoms with van der Waals surface area (Å²) in [4.78, 5) is 3.30. The second-order valence-electron chi connectivity index (χ2n) is 5.73. The van der Waals surface area contributed by atoms with Gasteiger partial charge in [0.1, 0.15) is 5.69 Å². The molecule has 0 spiro atoms. The van der Waals surface area contributed by atoms with Gasteiger partial charge in [0.15, 0.2) is 0 Å². The van der Waals surface area contributed by atoms with Crippen molar-refractivity contribution >= 4 is 11.4 Å². The number of halogens is 3. The van der Waals surface area contributed by atoms with Crippen LogP contribution in [-0.4, -0.2) is 23.2 Å². The molecule has 0 aliphatic heterocycles. The maximum absolute atomic E-state index is 12.7. The molecular formula is C14H20F3N3O. The van der Waals surface area contributed by atoms with Crippen molar-refractivity contribution in [2.75, 3.05) is 24.2 Å². The predicted molar refractivity (Wildman–Crippen MR) is 74.7 cm³/mol. The lowest BCUT2D eigenvalue weighted by atomic mass is 9.74. The number of pyridine rings is 1. The number of aromatic nitrogens is 1. The molecular weight excluding hydrogens is 283 g/mol. The van der Waals surface area contributed by atoms with E-state index in [1.807, 2.05) is 0 Å². The van der Waals surface area contributed by atoms with Crippen LogP contribution in [0.25, 0.3) is 0 Å². The molecule has 1 aliphatic carbocycles. The highest BCUT2D eigenvalue weighted by molar-refractivity contribution is 5.65. The van der Waals surface area contributed by atoms with Crippen molar-refractivity contribution in [3.05, 3.63) is 18.0 Å². The minimum absolute atomic E-state index is 0.0249. The normalized spacial score (nSPS) is 18.5. The minimum Gasteiger partial charge on any atom is -0.396 e. The predicted octanol–water partition coefficient (Wildman–Crippen LogP) is 3.04. The zero-order valence-corrected chi connectivity index (χ0v) is 11.7. The number of anilines is 2. The topological polar surface area (TPSA) is 71.2 Å². The molecule has 0 radical (unpaired) electrons. The first kappa shape index (κ1) is 15.9. The summed E-state index contributed by atoms with van der Waals surface area (Å²) in [5.74, 6) is 0. The number of nitrogen functional groups attached to an aromatic ring is 1. The van der Waals surface area contributed by atoms with Crippen molar-refractivity contribution in [2.45, 2.75) is 38.3 Å². The van der Waals surface area contributed by atoms with Crippen LogP contribution in [0.4, 0.5) is 24.5 Å². The lowest BCUT2D eigenvalue weighted by molar-refractivity contribution is -0.141. The van der Waals surface area contributed by atoms with Crippen LogP contribution in [0.15, 0.2) is 12.3 Å². The number of alkyl halides is 3. The van der Waals surface area contributed by atoms with Crippen LogP contribution in [0.5, 0.6) is 0 Å². The van der Waals surface area contributed by atoms with Crippen LogP contribution in [0.2, 0.25) is 0 Å². The molecule has 1 aromatic heterocycles.